The Kier molecular flexibility index (Phi) is 8.24. The van der Waals surface area contributed by atoms with E-state index in [4.69, 9.17) is 14.2 Å². The van der Waals surface area contributed by atoms with E-state index in [1.807, 2.05) is 37.3 Å². The van der Waals surface area contributed by atoms with Crippen LogP contribution in [0.25, 0.3) is 0 Å². The van der Waals surface area contributed by atoms with Gasteiger partial charge >= 0.3 is 0 Å². The number of methoxy groups -OCH3 is 1. The Balaban J connectivity index is 1.42. The third kappa shape index (κ3) is 5.62. The Hall–Kier alpha value is -2.00. The van der Waals surface area contributed by atoms with Crippen LogP contribution in [-0.2, 0) is 15.9 Å². The molecular formula is C27H36O7. The van der Waals surface area contributed by atoms with E-state index in [0.717, 1.165) is 48.1 Å². The average Bonchev–Trinajstić information content (AvgIpc) is 2.86. The summed E-state index contributed by atoms with van der Waals surface area (Å²) in [6.45, 7) is 1.59. The van der Waals surface area contributed by atoms with Crippen molar-refractivity contribution in [1.82, 2.24) is 0 Å². The summed E-state index contributed by atoms with van der Waals surface area (Å²) in [4.78, 5) is 0. The zero-order valence-electron chi connectivity index (χ0n) is 19.8. The van der Waals surface area contributed by atoms with Gasteiger partial charge in [-0.25, -0.2) is 0 Å². The molecule has 0 bridgehead atoms. The number of rotatable bonds is 7. The molecule has 2 aliphatic rings. The van der Waals surface area contributed by atoms with Crippen molar-refractivity contribution in [1.29, 1.82) is 0 Å². The molecule has 1 aliphatic carbocycles. The highest BCUT2D eigenvalue weighted by Gasteiger charge is 2.44. The maximum absolute atomic E-state index is 10.5. The van der Waals surface area contributed by atoms with E-state index >= 15 is 0 Å². The van der Waals surface area contributed by atoms with Gasteiger partial charge in [-0.1, -0.05) is 30.3 Å². The minimum atomic E-state index is -1.39. The molecule has 2 aromatic carbocycles. The van der Waals surface area contributed by atoms with Gasteiger partial charge in [0.2, 0.25) is 0 Å². The molecule has 0 unspecified atom stereocenters. The Morgan fingerprint density at radius 2 is 1.56 bits per heavy atom. The summed E-state index contributed by atoms with van der Waals surface area (Å²) in [5.74, 6) is 0.872. The molecule has 0 aromatic heterocycles. The lowest BCUT2D eigenvalue weighted by atomic mass is 9.89. The van der Waals surface area contributed by atoms with Crippen LogP contribution in [0.15, 0.2) is 42.5 Å². The molecule has 7 nitrogen and oxygen atoms in total. The average molecular weight is 473 g/mol. The predicted molar refractivity (Wildman–Crippen MR) is 127 cm³/mol. The van der Waals surface area contributed by atoms with Crippen molar-refractivity contribution >= 4 is 0 Å². The fourth-order valence-electron chi connectivity index (χ4n) is 4.92. The van der Waals surface area contributed by atoms with Gasteiger partial charge < -0.3 is 34.6 Å². The lowest BCUT2D eigenvalue weighted by Crippen LogP contribution is -2.55. The first kappa shape index (κ1) is 25.1. The van der Waals surface area contributed by atoms with E-state index < -0.39 is 37.1 Å². The molecule has 1 heterocycles. The van der Waals surface area contributed by atoms with Crippen LogP contribution in [0.1, 0.15) is 54.0 Å². The smallest absolute Gasteiger partial charge is 0.119 e. The Morgan fingerprint density at radius 1 is 0.882 bits per heavy atom. The first-order valence-electron chi connectivity index (χ1n) is 12.1. The molecule has 7 heteroatoms. The number of aliphatic hydroxyl groups is 4. The van der Waals surface area contributed by atoms with E-state index in [1.165, 1.54) is 0 Å². The molecule has 4 N–H and O–H groups in total. The Bertz CT molecular complexity index is 921. The first-order valence-corrected chi connectivity index (χ1v) is 12.1. The van der Waals surface area contributed by atoms with Crippen molar-refractivity contribution in [3.63, 3.8) is 0 Å². The van der Waals surface area contributed by atoms with Crippen molar-refractivity contribution in [2.45, 2.75) is 81.8 Å². The van der Waals surface area contributed by atoms with Gasteiger partial charge in [0.15, 0.2) is 0 Å². The fraction of sp³-hybridized carbons (Fsp3) is 0.556. The van der Waals surface area contributed by atoms with Crippen LogP contribution in [0, 0.1) is 6.92 Å². The van der Waals surface area contributed by atoms with Crippen LogP contribution < -0.4 is 4.74 Å². The largest absolute Gasteiger partial charge is 0.490 e. The molecule has 0 radical (unpaired) electrons. The molecule has 34 heavy (non-hydrogen) atoms. The second-order valence-corrected chi connectivity index (χ2v) is 9.51. The van der Waals surface area contributed by atoms with Crippen LogP contribution in [0.5, 0.6) is 5.75 Å². The second-order valence-electron chi connectivity index (χ2n) is 9.51. The Morgan fingerprint density at radius 3 is 2.21 bits per heavy atom. The summed E-state index contributed by atoms with van der Waals surface area (Å²) in [5, 5.41) is 40.2. The van der Waals surface area contributed by atoms with Crippen molar-refractivity contribution in [3.05, 3.63) is 64.7 Å². The Labute approximate surface area is 200 Å². The van der Waals surface area contributed by atoms with Gasteiger partial charge in [-0.2, -0.15) is 0 Å². The van der Waals surface area contributed by atoms with Gasteiger partial charge in [0, 0.05) is 7.11 Å². The van der Waals surface area contributed by atoms with Gasteiger partial charge in [-0.3, -0.25) is 0 Å². The van der Waals surface area contributed by atoms with E-state index in [0.29, 0.717) is 18.1 Å². The lowest BCUT2D eigenvalue weighted by Gasteiger charge is -2.40. The van der Waals surface area contributed by atoms with Crippen molar-refractivity contribution in [3.8, 4) is 5.75 Å². The van der Waals surface area contributed by atoms with E-state index in [1.54, 1.807) is 7.11 Å². The summed E-state index contributed by atoms with van der Waals surface area (Å²) in [5.41, 5.74) is 4.00. The van der Waals surface area contributed by atoms with Crippen LogP contribution in [0.4, 0.5) is 0 Å². The van der Waals surface area contributed by atoms with Crippen LogP contribution in [-0.4, -0.2) is 70.8 Å². The molecule has 4 rings (SSSR count). The highest BCUT2D eigenvalue weighted by atomic mass is 16.5. The van der Waals surface area contributed by atoms with Gasteiger partial charge in [0.05, 0.1) is 18.8 Å². The van der Waals surface area contributed by atoms with E-state index in [-0.39, 0.29) is 6.10 Å². The number of ether oxygens (including phenoxy) is 3. The first-order chi connectivity index (χ1) is 16.4. The molecule has 1 saturated heterocycles. The normalized spacial score (nSPS) is 31.9. The topological polar surface area (TPSA) is 109 Å². The molecule has 0 amide bonds. The van der Waals surface area contributed by atoms with Crippen molar-refractivity contribution < 1.29 is 34.6 Å². The summed E-state index contributed by atoms with van der Waals surface area (Å²) in [6.07, 6.45) is -0.460. The minimum absolute atomic E-state index is 0.231. The summed E-state index contributed by atoms with van der Waals surface area (Å²) < 4.78 is 17.3. The minimum Gasteiger partial charge on any atom is -0.490 e. The van der Waals surface area contributed by atoms with Gasteiger partial charge in [-0.15, -0.1) is 0 Å². The highest BCUT2D eigenvalue weighted by Crippen LogP contribution is 2.34. The molecule has 186 valence electrons. The predicted octanol–water partition coefficient (Wildman–Crippen LogP) is 2.44. The highest BCUT2D eigenvalue weighted by molar-refractivity contribution is 5.38. The SMILES string of the molecule is CO[C@H]1CC[C@@H](Oc2ccc(Cc3cc([C@@H]4O[C@H](CO)[C@@H](O)[C@H](O)[C@H]4O)ccc3C)cc2)CC1. The number of hydrogen-bond donors (Lipinski definition) is 4. The monoisotopic (exact) mass is 472 g/mol. The molecule has 2 aromatic rings. The number of aryl methyl sites for hydroxylation is 1. The lowest BCUT2D eigenvalue weighted by molar-refractivity contribution is -0.231. The van der Waals surface area contributed by atoms with E-state index in [2.05, 4.69) is 12.1 Å². The van der Waals surface area contributed by atoms with Crippen molar-refractivity contribution in [2.75, 3.05) is 13.7 Å². The molecule has 1 aliphatic heterocycles. The zero-order valence-corrected chi connectivity index (χ0v) is 19.8. The molecular weight excluding hydrogens is 436 g/mol. The third-order valence-electron chi connectivity index (χ3n) is 7.17. The van der Waals surface area contributed by atoms with E-state index in [9.17, 15) is 20.4 Å². The molecule has 0 spiro atoms. The van der Waals surface area contributed by atoms with Crippen molar-refractivity contribution in [2.24, 2.45) is 0 Å². The van der Waals surface area contributed by atoms with Gasteiger partial charge in [-0.05, 0) is 73.4 Å². The van der Waals surface area contributed by atoms with Gasteiger partial charge in [0.25, 0.3) is 0 Å². The van der Waals surface area contributed by atoms with Crippen LogP contribution >= 0.6 is 0 Å². The fourth-order valence-corrected chi connectivity index (χ4v) is 4.92. The summed E-state index contributed by atoms with van der Waals surface area (Å²) >= 11 is 0. The van der Waals surface area contributed by atoms with Crippen LogP contribution in [0.3, 0.4) is 0 Å². The molecule has 5 atom stereocenters. The maximum atomic E-state index is 10.5. The van der Waals surface area contributed by atoms with Gasteiger partial charge in [0.1, 0.15) is 36.3 Å². The number of aliphatic hydroxyl groups excluding tert-OH is 4. The number of benzene rings is 2. The maximum Gasteiger partial charge on any atom is 0.119 e. The third-order valence-corrected chi connectivity index (χ3v) is 7.17. The standard InChI is InChI=1S/C27H36O7/c1-16-3-6-18(27-26(31)25(30)24(29)23(15-28)34-27)14-19(16)13-17-4-7-21(8-5-17)33-22-11-9-20(32-2)10-12-22/h3-8,14,20,22-31H,9-13,15H2,1-2H3/t20-,22+,23-,24-,25+,26-,27+/m1/s1. The zero-order chi connectivity index (χ0) is 24.2. The number of hydrogen-bond acceptors (Lipinski definition) is 7. The quantitative estimate of drug-likeness (QED) is 0.490. The second kappa shape index (κ2) is 11.2. The molecule has 2 fully saturated rings. The summed E-state index contributed by atoms with van der Waals surface area (Å²) in [7, 11) is 1.77. The molecule has 1 saturated carbocycles. The van der Waals surface area contributed by atoms with Crippen LogP contribution in [0.2, 0.25) is 0 Å². The summed E-state index contributed by atoms with van der Waals surface area (Å²) in [6, 6.07) is 13.9.